The van der Waals surface area contributed by atoms with Crippen LogP contribution in [0.3, 0.4) is 0 Å². The SMILES string of the molecule is CCOc1ccccc1-c1nn(CCCO)c(N)c1C=O. The number of carbonyl (C=O) groups is 1. The maximum atomic E-state index is 11.4. The zero-order valence-corrected chi connectivity index (χ0v) is 12.0. The van der Waals surface area contributed by atoms with Gasteiger partial charge in [0.1, 0.15) is 17.3 Å². The monoisotopic (exact) mass is 289 g/mol. The Morgan fingerprint density at radius 1 is 1.43 bits per heavy atom. The average molecular weight is 289 g/mol. The summed E-state index contributed by atoms with van der Waals surface area (Å²) >= 11 is 0. The molecule has 0 aliphatic rings. The molecule has 0 fully saturated rings. The van der Waals surface area contributed by atoms with E-state index in [1.165, 1.54) is 4.68 Å². The van der Waals surface area contributed by atoms with E-state index in [0.717, 1.165) is 5.56 Å². The molecule has 0 saturated heterocycles. The number of aliphatic hydroxyl groups excluding tert-OH is 1. The summed E-state index contributed by atoms with van der Waals surface area (Å²) in [5.41, 5.74) is 7.55. The van der Waals surface area contributed by atoms with Crippen LogP contribution in [-0.4, -0.2) is 34.4 Å². The van der Waals surface area contributed by atoms with Gasteiger partial charge in [0.2, 0.25) is 0 Å². The second-order valence-corrected chi connectivity index (χ2v) is 4.49. The number of benzene rings is 1. The van der Waals surface area contributed by atoms with Gasteiger partial charge in [0, 0.05) is 18.7 Å². The molecule has 0 radical (unpaired) electrons. The lowest BCUT2D eigenvalue weighted by atomic mass is 10.1. The second-order valence-electron chi connectivity index (χ2n) is 4.49. The van der Waals surface area contributed by atoms with Crippen molar-refractivity contribution in [2.45, 2.75) is 19.9 Å². The first kappa shape index (κ1) is 15.1. The maximum absolute atomic E-state index is 11.4. The van der Waals surface area contributed by atoms with Crippen LogP contribution in [0.1, 0.15) is 23.7 Å². The minimum absolute atomic E-state index is 0.0423. The van der Waals surface area contributed by atoms with Gasteiger partial charge in [-0.25, -0.2) is 4.68 Å². The lowest BCUT2D eigenvalue weighted by molar-refractivity contribution is 0.112. The number of nitrogens with two attached hydrogens (primary N) is 1. The van der Waals surface area contributed by atoms with Gasteiger partial charge >= 0.3 is 0 Å². The lowest BCUT2D eigenvalue weighted by Gasteiger charge is -2.08. The van der Waals surface area contributed by atoms with Crippen molar-refractivity contribution in [3.8, 4) is 17.0 Å². The van der Waals surface area contributed by atoms with Crippen molar-refractivity contribution in [3.05, 3.63) is 29.8 Å². The normalized spacial score (nSPS) is 10.6. The number of anilines is 1. The Morgan fingerprint density at radius 2 is 2.19 bits per heavy atom. The van der Waals surface area contributed by atoms with Crippen LogP contribution in [0.5, 0.6) is 5.75 Å². The van der Waals surface area contributed by atoms with E-state index in [-0.39, 0.29) is 6.61 Å². The summed E-state index contributed by atoms with van der Waals surface area (Å²) in [6, 6.07) is 7.39. The summed E-state index contributed by atoms with van der Waals surface area (Å²) in [6.45, 7) is 2.92. The maximum Gasteiger partial charge on any atom is 0.156 e. The molecule has 0 bridgehead atoms. The Balaban J connectivity index is 2.50. The Hall–Kier alpha value is -2.34. The molecule has 0 saturated carbocycles. The molecule has 0 aliphatic carbocycles. The third-order valence-corrected chi connectivity index (χ3v) is 3.12. The topological polar surface area (TPSA) is 90.4 Å². The van der Waals surface area contributed by atoms with E-state index in [1.807, 2.05) is 31.2 Å². The molecule has 1 aromatic heterocycles. The molecule has 0 atom stereocenters. The molecule has 0 spiro atoms. The fourth-order valence-electron chi connectivity index (χ4n) is 2.14. The number of aliphatic hydroxyl groups is 1. The highest BCUT2D eigenvalue weighted by molar-refractivity contribution is 5.92. The van der Waals surface area contributed by atoms with E-state index in [1.54, 1.807) is 0 Å². The summed E-state index contributed by atoms with van der Waals surface area (Å²) < 4.78 is 7.11. The zero-order chi connectivity index (χ0) is 15.2. The molecule has 0 aliphatic heterocycles. The fourth-order valence-corrected chi connectivity index (χ4v) is 2.14. The van der Waals surface area contributed by atoms with Crippen LogP contribution < -0.4 is 10.5 Å². The first-order valence-corrected chi connectivity index (χ1v) is 6.87. The highest BCUT2D eigenvalue weighted by atomic mass is 16.5. The molecular weight excluding hydrogens is 270 g/mol. The standard InChI is InChI=1S/C15H19N3O3/c1-2-21-13-7-4-3-6-11(13)14-12(10-20)15(16)18(17-14)8-5-9-19/h3-4,6-7,10,19H,2,5,8-9,16H2,1H3. The van der Waals surface area contributed by atoms with Crippen molar-refractivity contribution in [1.29, 1.82) is 0 Å². The van der Waals surface area contributed by atoms with Gasteiger partial charge in [-0.1, -0.05) is 12.1 Å². The Kier molecular flexibility index (Phi) is 4.94. The highest BCUT2D eigenvalue weighted by Crippen LogP contribution is 2.33. The molecule has 112 valence electrons. The molecule has 1 aromatic carbocycles. The predicted octanol–water partition coefficient (Wildman–Crippen LogP) is 1.73. The first-order chi connectivity index (χ1) is 10.2. The summed E-state index contributed by atoms with van der Waals surface area (Å²) in [5.74, 6) is 0.967. The minimum Gasteiger partial charge on any atom is -0.493 e. The second kappa shape index (κ2) is 6.90. The largest absolute Gasteiger partial charge is 0.493 e. The Labute approximate surface area is 123 Å². The lowest BCUT2D eigenvalue weighted by Crippen LogP contribution is -2.06. The molecule has 21 heavy (non-hydrogen) atoms. The minimum atomic E-state index is 0.0423. The molecule has 2 aromatic rings. The highest BCUT2D eigenvalue weighted by Gasteiger charge is 2.19. The molecule has 6 heteroatoms. The summed E-state index contributed by atoms with van der Waals surface area (Å²) in [6.07, 6.45) is 1.23. The van der Waals surface area contributed by atoms with Crippen LogP contribution >= 0.6 is 0 Å². The van der Waals surface area contributed by atoms with Crippen LogP contribution in [0, 0.1) is 0 Å². The van der Waals surface area contributed by atoms with Gasteiger partial charge < -0.3 is 15.6 Å². The Bertz CT molecular complexity index is 623. The van der Waals surface area contributed by atoms with Crippen molar-refractivity contribution in [3.63, 3.8) is 0 Å². The quantitative estimate of drug-likeness (QED) is 0.757. The van der Waals surface area contributed by atoms with E-state index in [2.05, 4.69) is 5.10 Å². The van der Waals surface area contributed by atoms with Crippen molar-refractivity contribution in [2.75, 3.05) is 18.9 Å². The van der Waals surface area contributed by atoms with Gasteiger partial charge in [-0.3, -0.25) is 4.79 Å². The number of aldehydes is 1. The number of aromatic nitrogens is 2. The number of para-hydroxylation sites is 1. The fraction of sp³-hybridized carbons (Fsp3) is 0.333. The number of nitrogen functional groups attached to an aromatic ring is 1. The molecular formula is C15H19N3O3. The summed E-state index contributed by atoms with van der Waals surface area (Å²) in [7, 11) is 0. The van der Waals surface area contributed by atoms with E-state index in [4.69, 9.17) is 15.6 Å². The third kappa shape index (κ3) is 3.05. The zero-order valence-electron chi connectivity index (χ0n) is 12.0. The smallest absolute Gasteiger partial charge is 0.156 e. The van der Waals surface area contributed by atoms with Gasteiger partial charge in [-0.2, -0.15) is 5.10 Å². The molecule has 2 rings (SSSR count). The van der Waals surface area contributed by atoms with Gasteiger partial charge in [-0.05, 0) is 25.5 Å². The molecule has 6 nitrogen and oxygen atoms in total. The van der Waals surface area contributed by atoms with E-state index >= 15 is 0 Å². The van der Waals surface area contributed by atoms with Crippen molar-refractivity contribution in [2.24, 2.45) is 0 Å². The van der Waals surface area contributed by atoms with Gasteiger partial charge in [0.05, 0.1) is 12.2 Å². The predicted molar refractivity (Wildman–Crippen MR) is 80.3 cm³/mol. The molecule has 1 heterocycles. The van der Waals surface area contributed by atoms with Crippen LogP contribution in [0.4, 0.5) is 5.82 Å². The molecule has 0 unspecified atom stereocenters. The van der Waals surface area contributed by atoms with Crippen molar-refractivity contribution >= 4 is 12.1 Å². The molecule has 3 N–H and O–H groups in total. The number of carbonyl (C=O) groups excluding carboxylic acids is 1. The number of hydrogen-bond acceptors (Lipinski definition) is 5. The number of aryl methyl sites for hydroxylation is 1. The summed E-state index contributed by atoms with van der Waals surface area (Å²) in [4.78, 5) is 11.4. The Morgan fingerprint density at radius 3 is 2.86 bits per heavy atom. The van der Waals surface area contributed by atoms with Crippen molar-refractivity contribution in [1.82, 2.24) is 9.78 Å². The van der Waals surface area contributed by atoms with E-state index in [9.17, 15) is 4.79 Å². The number of ether oxygens (including phenoxy) is 1. The van der Waals surface area contributed by atoms with E-state index < -0.39 is 0 Å². The van der Waals surface area contributed by atoms with Gasteiger partial charge in [-0.15, -0.1) is 0 Å². The third-order valence-electron chi connectivity index (χ3n) is 3.12. The van der Waals surface area contributed by atoms with Gasteiger partial charge in [0.15, 0.2) is 6.29 Å². The van der Waals surface area contributed by atoms with Crippen molar-refractivity contribution < 1.29 is 14.6 Å². The average Bonchev–Trinajstić information content (AvgIpc) is 2.82. The van der Waals surface area contributed by atoms with Crippen LogP contribution in [0.2, 0.25) is 0 Å². The number of nitrogens with zero attached hydrogens (tertiary/aromatic N) is 2. The van der Waals surface area contributed by atoms with E-state index in [0.29, 0.717) is 48.7 Å². The van der Waals surface area contributed by atoms with Crippen LogP contribution in [0.15, 0.2) is 24.3 Å². The van der Waals surface area contributed by atoms with Crippen LogP contribution in [-0.2, 0) is 6.54 Å². The van der Waals surface area contributed by atoms with Crippen LogP contribution in [0.25, 0.3) is 11.3 Å². The molecule has 0 amide bonds. The summed E-state index contributed by atoms with van der Waals surface area (Å²) in [5, 5.41) is 13.3. The number of rotatable bonds is 7. The van der Waals surface area contributed by atoms with Gasteiger partial charge in [0.25, 0.3) is 0 Å². The first-order valence-electron chi connectivity index (χ1n) is 6.87. The number of hydrogen-bond donors (Lipinski definition) is 2.